The standard InChI is InChI=1S/C15H19NO/c1-11-5-4-6-12(2)15(11)14(16-3)9-13-7-8-17-10-13/h4-8,10,14,16H,9H2,1-3H3. The Hall–Kier alpha value is -1.54. The molecule has 90 valence electrons. The minimum atomic E-state index is 0.341. The van der Waals surface area contributed by atoms with Crippen LogP contribution in [0.5, 0.6) is 0 Å². The molecule has 0 fully saturated rings. The lowest BCUT2D eigenvalue weighted by Gasteiger charge is -2.20. The molecule has 1 heterocycles. The summed E-state index contributed by atoms with van der Waals surface area (Å²) in [5.74, 6) is 0. The first-order valence-electron chi connectivity index (χ1n) is 5.97. The normalized spacial score (nSPS) is 12.6. The summed E-state index contributed by atoms with van der Waals surface area (Å²) in [4.78, 5) is 0. The molecule has 0 saturated heterocycles. The third-order valence-electron chi connectivity index (χ3n) is 3.26. The van der Waals surface area contributed by atoms with Gasteiger partial charge in [0.05, 0.1) is 12.5 Å². The van der Waals surface area contributed by atoms with Crippen LogP contribution in [0, 0.1) is 13.8 Å². The third-order valence-corrected chi connectivity index (χ3v) is 3.26. The van der Waals surface area contributed by atoms with Gasteiger partial charge >= 0.3 is 0 Å². The molecule has 0 amide bonds. The van der Waals surface area contributed by atoms with Gasteiger partial charge in [-0.25, -0.2) is 0 Å². The molecule has 0 radical (unpaired) electrons. The van der Waals surface area contributed by atoms with E-state index in [2.05, 4.69) is 37.4 Å². The molecule has 2 nitrogen and oxygen atoms in total. The molecule has 2 heteroatoms. The Labute approximate surface area is 103 Å². The van der Waals surface area contributed by atoms with E-state index < -0.39 is 0 Å². The minimum absolute atomic E-state index is 0.341. The van der Waals surface area contributed by atoms with Crippen LogP contribution in [0.2, 0.25) is 0 Å². The fourth-order valence-corrected chi connectivity index (χ4v) is 2.37. The lowest BCUT2D eigenvalue weighted by molar-refractivity contribution is 0.550. The Balaban J connectivity index is 2.29. The van der Waals surface area contributed by atoms with Gasteiger partial charge in [0.25, 0.3) is 0 Å². The van der Waals surface area contributed by atoms with E-state index in [1.807, 2.05) is 19.4 Å². The van der Waals surface area contributed by atoms with Crippen LogP contribution in [0.4, 0.5) is 0 Å². The summed E-state index contributed by atoms with van der Waals surface area (Å²) in [5, 5.41) is 3.40. The Kier molecular flexibility index (Phi) is 3.64. The van der Waals surface area contributed by atoms with Gasteiger partial charge in [-0.1, -0.05) is 18.2 Å². The molecule has 0 aliphatic heterocycles. The van der Waals surface area contributed by atoms with Crippen LogP contribution in [0.25, 0.3) is 0 Å². The lowest BCUT2D eigenvalue weighted by Crippen LogP contribution is -2.20. The van der Waals surface area contributed by atoms with Gasteiger partial charge in [0, 0.05) is 6.04 Å². The highest BCUT2D eigenvalue weighted by Gasteiger charge is 2.15. The topological polar surface area (TPSA) is 25.2 Å². The molecular weight excluding hydrogens is 210 g/mol. The summed E-state index contributed by atoms with van der Waals surface area (Å²) < 4.78 is 5.13. The molecule has 1 atom stereocenters. The van der Waals surface area contributed by atoms with Crippen molar-refractivity contribution in [3.8, 4) is 0 Å². The number of likely N-dealkylation sites (N-methyl/N-ethyl adjacent to an activating group) is 1. The van der Waals surface area contributed by atoms with E-state index in [0.717, 1.165) is 6.42 Å². The molecule has 1 N–H and O–H groups in total. The highest BCUT2D eigenvalue weighted by atomic mass is 16.3. The van der Waals surface area contributed by atoms with Crippen LogP contribution in [-0.4, -0.2) is 7.05 Å². The number of nitrogens with one attached hydrogen (secondary N) is 1. The molecule has 0 aliphatic rings. The zero-order chi connectivity index (χ0) is 12.3. The molecular formula is C15H19NO. The summed E-state index contributed by atoms with van der Waals surface area (Å²) in [6.45, 7) is 4.34. The highest BCUT2D eigenvalue weighted by Crippen LogP contribution is 2.24. The smallest absolute Gasteiger partial charge is 0.0935 e. The highest BCUT2D eigenvalue weighted by molar-refractivity contribution is 5.37. The van der Waals surface area contributed by atoms with Crippen molar-refractivity contribution in [2.45, 2.75) is 26.3 Å². The van der Waals surface area contributed by atoms with E-state index in [9.17, 15) is 0 Å². The largest absolute Gasteiger partial charge is 0.472 e. The van der Waals surface area contributed by atoms with Gasteiger partial charge in [-0.2, -0.15) is 0 Å². The molecule has 0 spiro atoms. The van der Waals surface area contributed by atoms with Crippen LogP contribution >= 0.6 is 0 Å². The molecule has 2 rings (SSSR count). The van der Waals surface area contributed by atoms with Crippen molar-refractivity contribution < 1.29 is 4.42 Å². The predicted molar refractivity (Wildman–Crippen MR) is 70.1 cm³/mol. The fraction of sp³-hybridized carbons (Fsp3) is 0.333. The molecule has 0 bridgehead atoms. The van der Waals surface area contributed by atoms with Crippen molar-refractivity contribution >= 4 is 0 Å². The Morgan fingerprint density at radius 1 is 1.18 bits per heavy atom. The van der Waals surface area contributed by atoms with Crippen molar-refractivity contribution in [1.29, 1.82) is 0 Å². The third kappa shape index (κ3) is 2.59. The van der Waals surface area contributed by atoms with Gasteiger partial charge in [-0.15, -0.1) is 0 Å². The van der Waals surface area contributed by atoms with E-state index in [0.29, 0.717) is 6.04 Å². The predicted octanol–water partition coefficient (Wildman–Crippen LogP) is 3.40. The van der Waals surface area contributed by atoms with E-state index in [4.69, 9.17) is 4.42 Å². The molecule has 1 aromatic heterocycles. The van der Waals surface area contributed by atoms with Crippen LogP contribution in [0.1, 0.15) is 28.3 Å². The van der Waals surface area contributed by atoms with Gasteiger partial charge in [0.15, 0.2) is 0 Å². The van der Waals surface area contributed by atoms with Gasteiger partial charge in [-0.3, -0.25) is 0 Å². The summed E-state index contributed by atoms with van der Waals surface area (Å²) in [6, 6.07) is 8.81. The van der Waals surface area contributed by atoms with Crippen molar-refractivity contribution in [1.82, 2.24) is 5.32 Å². The average Bonchev–Trinajstić information content (AvgIpc) is 2.80. The van der Waals surface area contributed by atoms with Gasteiger partial charge in [-0.05, 0) is 55.6 Å². The maximum atomic E-state index is 5.13. The zero-order valence-corrected chi connectivity index (χ0v) is 10.7. The SMILES string of the molecule is CNC(Cc1ccoc1)c1c(C)cccc1C. The number of benzene rings is 1. The summed E-state index contributed by atoms with van der Waals surface area (Å²) >= 11 is 0. The van der Waals surface area contributed by atoms with Crippen LogP contribution in [0.15, 0.2) is 41.2 Å². The molecule has 1 aromatic carbocycles. The van der Waals surface area contributed by atoms with Crippen molar-refractivity contribution in [2.75, 3.05) is 7.05 Å². The first-order valence-corrected chi connectivity index (χ1v) is 5.97. The monoisotopic (exact) mass is 229 g/mol. The maximum Gasteiger partial charge on any atom is 0.0935 e. The van der Waals surface area contributed by atoms with Crippen LogP contribution in [-0.2, 0) is 6.42 Å². The molecule has 0 saturated carbocycles. The molecule has 17 heavy (non-hydrogen) atoms. The summed E-state index contributed by atoms with van der Waals surface area (Å²) in [5.41, 5.74) is 5.31. The zero-order valence-electron chi connectivity index (χ0n) is 10.7. The lowest BCUT2D eigenvalue weighted by atomic mass is 9.92. The molecule has 1 unspecified atom stereocenters. The summed E-state index contributed by atoms with van der Waals surface area (Å²) in [6.07, 6.45) is 4.50. The van der Waals surface area contributed by atoms with Crippen molar-refractivity contribution in [3.63, 3.8) is 0 Å². The molecule has 2 aromatic rings. The maximum absolute atomic E-state index is 5.13. The first-order chi connectivity index (χ1) is 8.22. The van der Waals surface area contributed by atoms with E-state index in [-0.39, 0.29) is 0 Å². The second-order valence-corrected chi connectivity index (χ2v) is 4.48. The quantitative estimate of drug-likeness (QED) is 0.869. The van der Waals surface area contributed by atoms with Crippen molar-refractivity contribution in [3.05, 3.63) is 59.0 Å². The second-order valence-electron chi connectivity index (χ2n) is 4.48. The van der Waals surface area contributed by atoms with Crippen molar-refractivity contribution in [2.24, 2.45) is 0 Å². The van der Waals surface area contributed by atoms with E-state index in [1.54, 1.807) is 6.26 Å². The minimum Gasteiger partial charge on any atom is -0.472 e. The number of aryl methyl sites for hydroxylation is 2. The fourth-order valence-electron chi connectivity index (χ4n) is 2.37. The average molecular weight is 229 g/mol. The number of hydrogen-bond acceptors (Lipinski definition) is 2. The van der Waals surface area contributed by atoms with Gasteiger partial charge < -0.3 is 9.73 Å². The number of furan rings is 1. The Bertz CT molecular complexity index is 453. The second kappa shape index (κ2) is 5.19. The Morgan fingerprint density at radius 3 is 2.41 bits per heavy atom. The van der Waals surface area contributed by atoms with Gasteiger partial charge in [0.2, 0.25) is 0 Å². The van der Waals surface area contributed by atoms with Crippen LogP contribution < -0.4 is 5.32 Å². The first kappa shape index (κ1) is 11.9. The van der Waals surface area contributed by atoms with E-state index in [1.165, 1.54) is 22.3 Å². The Morgan fingerprint density at radius 2 is 1.88 bits per heavy atom. The summed E-state index contributed by atoms with van der Waals surface area (Å²) in [7, 11) is 2.01. The number of rotatable bonds is 4. The van der Waals surface area contributed by atoms with Gasteiger partial charge in [0.1, 0.15) is 0 Å². The molecule has 0 aliphatic carbocycles. The van der Waals surface area contributed by atoms with E-state index >= 15 is 0 Å². The number of hydrogen-bond donors (Lipinski definition) is 1. The van der Waals surface area contributed by atoms with Crippen LogP contribution in [0.3, 0.4) is 0 Å².